The van der Waals surface area contributed by atoms with Crippen LogP contribution in [0.25, 0.3) is 0 Å². The fraction of sp³-hybridized carbons (Fsp3) is 0.250. The van der Waals surface area contributed by atoms with E-state index in [1.54, 1.807) is 0 Å². The molecule has 0 saturated carbocycles. The Hall–Kier alpha value is -2.20. The summed E-state index contributed by atoms with van der Waals surface area (Å²) in [7, 11) is 0. The van der Waals surface area contributed by atoms with E-state index in [4.69, 9.17) is 4.74 Å². The standard InChI is InChI=1S/C32H32Br2O/c33-29-17-11-25(12-18-29)15-21-31(23-27-7-3-1-4-8-27)35-32(24-28-9-5-2-6-10-28)22-16-26-13-19-30(34)20-14-26/h1-14,17-20,31-32H,15-16,21-24H2. The fourth-order valence-corrected chi connectivity index (χ4v) is 4.95. The number of rotatable bonds is 12. The molecule has 0 aliphatic rings. The summed E-state index contributed by atoms with van der Waals surface area (Å²) in [6.07, 6.45) is 6.21. The van der Waals surface area contributed by atoms with Gasteiger partial charge in [0.15, 0.2) is 0 Å². The molecule has 2 atom stereocenters. The van der Waals surface area contributed by atoms with Gasteiger partial charge in [0.05, 0.1) is 12.2 Å². The molecule has 0 radical (unpaired) electrons. The van der Waals surface area contributed by atoms with E-state index in [-0.39, 0.29) is 12.2 Å². The molecule has 0 heterocycles. The Morgan fingerprint density at radius 1 is 0.457 bits per heavy atom. The van der Waals surface area contributed by atoms with Gasteiger partial charge in [0.2, 0.25) is 0 Å². The van der Waals surface area contributed by atoms with Crippen molar-refractivity contribution < 1.29 is 4.74 Å². The van der Waals surface area contributed by atoms with Gasteiger partial charge in [-0.3, -0.25) is 0 Å². The second-order valence-electron chi connectivity index (χ2n) is 9.09. The molecule has 3 heteroatoms. The number of aryl methyl sites for hydroxylation is 2. The van der Waals surface area contributed by atoms with E-state index in [0.717, 1.165) is 47.5 Å². The average molecular weight is 592 g/mol. The molecule has 0 fully saturated rings. The largest absolute Gasteiger partial charge is 0.374 e. The number of benzene rings is 4. The molecule has 0 aliphatic heterocycles. The monoisotopic (exact) mass is 590 g/mol. The van der Waals surface area contributed by atoms with E-state index in [9.17, 15) is 0 Å². The molecule has 4 rings (SSSR count). The number of hydrogen-bond acceptors (Lipinski definition) is 1. The predicted molar refractivity (Wildman–Crippen MR) is 154 cm³/mol. The maximum absolute atomic E-state index is 6.93. The highest BCUT2D eigenvalue weighted by molar-refractivity contribution is 9.10. The van der Waals surface area contributed by atoms with Crippen molar-refractivity contribution in [2.24, 2.45) is 0 Å². The lowest BCUT2D eigenvalue weighted by molar-refractivity contribution is -0.0191. The van der Waals surface area contributed by atoms with Crippen molar-refractivity contribution in [2.45, 2.75) is 50.7 Å². The lowest BCUT2D eigenvalue weighted by atomic mass is 9.98. The summed E-state index contributed by atoms with van der Waals surface area (Å²) >= 11 is 7.09. The van der Waals surface area contributed by atoms with Crippen LogP contribution in [-0.2, 0) is 30.4 Å². The van der Waals surface area contributed by atoms with Crippen molar-refractivity contribution in [2.75, 3.05) is 0 Å². The molecule has 180 valence electrons. The zero-order valence-electron chi connectivity index (χ0n) is 20.0. The van der Waals surface area contributed by atoms with Crippen molar-refractivity contribution in [3.63, 3.8) is 0 Å². The highest BCUT2D eigenvalue weighted by atomic mass is 79.9. The molecular weight excluding hydrogens is 560 g/mol. The summed E-state index contributed by atoms with van der Waals surface area (Å²) in [5, 5.41) is 0. The van der Waals surface area contributed by atoms with Crippen LogP contribution in [0, 0.1) is 0 Å². The molecule has 0 spiro atoms. The molecule has 1 nitrogen and oxygen atoms in total. The Kier molecular flexibility index (Phi) is 10.2. The Morgan fingerprint density at radius 2 is 0.829 bits per heavy atom. The molecule has 2 unspecified atom stereocenters. The maximum atomic E-state index is 6.93. The molecule has 4 aromatic carbocycles. The Morgan fingerprint density at radius 3 is 1.20 bits per heavy atom. The van der Waals surface area contributed by atoms with Gasteiger partial charge in [0, 0.05) is 8.95 Å². The van der Waals surface area contributed by atoms with E-state index >= 15 is 0 Å². The van der Waals surface area contributed by atoms with Crippen LogP contribution in [0.2, 0.25) is 0 Å². The van der Waals surface area contributed by atoms with E-state index < -0.39 is 0 Å². The summed E-state index contributed by atoms with van der Waals surface area (Å²) in [4.78, 5) is 0. The van der Waals surface area contributed by atoms with Crippen LogP contribution in [-0.4, -0.2) is 12.2 Å². The maximum Gasteiger partial charge on any atom is 0.0622 e. The van der Waals surface area contributed by atoms with Gasteiger partial charge in [-0.2, -0.15) is 0 Å². The zero-order chi connectivity index (χ0) is 24.3. The molecule has 0 aliphatic carbocycles. The third-order valence-corrected chi connectivity index (χ3v) is 7.39. The highest BCUT2D eigenvalue weighted by Gasteiger charge is 2.19. The van der Waals surface area contributed by atoms with Crippen LogP contribution in [0.3, 0.4) is 0 Å². The number of hydrogen-bond donors (Lipinski definition) is 0. The quantitative estimate of drug-likeness (QED) is 0.160. The lowest BCUT2D eigenvalue weighted by Gasteiger charge is -2.26. The van der Waals surface area contributed by atoms with Crippen LogP contribution in [0.15, 0.2) is 118 Å². The summed E-state index contributed by atoms with van der Waals surface area (Å²) in [6.45, 7) is 0. The minimum atomic E-state index is 0.166. The smallest absolute Gasteiger partial charge is 0.0622 e. The van der Waals surface area contributed by atoms with Crippen molar-refractivity contribution in [3.05, 3.63) is 140 Å². The second kappa shape index (κ2) is 13.8. The summed E-state index contributed by atoms with van der Waals surface area (Å²) in [5.41, 5.74) is 5.37. The topological polar surface area (TPSA) is 9.23 Å². The van der Waals surface area contributed by atoms with Crippen LogP contribution >= 0.6 is 31.9 Å². The van der Waals surface area contributed by atoms with Crippen LogP contribution in [0.4, 0.5) is 0 Å². The first kappa shape index (κ1) is 25.9. The van der Waals surface area contributed by atoms with Gasteiger partial charge in [0.25, 0.3) is 0 Å². The van der Waals surface area contributed by atoms with Gasteiger partial charge in [-0.05, 0) is 85.0 Å². The number of halogens is 2. The second-order valence-corrected chi connectivity index (χ2v) is 10.9. The van der Waals surface area contributed by atoms with E-state index in [0.29, 0.717) is 0 Å². The molecule has 0 N–H and O–H groups in total. The van der Waals surface area contributed by atoms with E-state index in [2.05, 4.69) is 141 Å². The fourth-order valence-electron chi connectivity index (χ4n) is 4.42. The minimum absolute atomic E-state index is 0.166. The summed E-state index contributed by atoms with van der Waals surface area (Å²) in [6, 6.07) is 38.8. The van der Waals surface area contributed by atoms with Gasteiger partial charge in [0.1, 0.15) is 0 Å². The van der Waals surface area contributed by atoms with Crippen LogP contribution in [0.1, 0.15) is 35.1 Å². The van der Waals surface area contributed by atoms with Crippen molar-refractivity contribution in [1.82, 2.24) is 0 Å². The predicted octanol–water partition coefficient (Wildman–Crippen LogP) is 9.02. The first-order valence-electron chi connectivity index (χ1n) is 12.4. The first-order valence-corrected chi connectivity index (χ1v) is 13.9. The van der Waals surface area contributed by atoms with Gasteiger partial charge in [-0.15, -0.1) is 0 Å². The molecule has 4 aromatic rings. The molecular formula is C32H32Br2O. The number of ether oxygens (including phenoxy) is 1. The molecule has 0 bridgehead atoms. The third-order valence-electron chi connectivity index (χ3n) is 6.33. The Bertz CT molecular complexity index is 1030. The molecule has 35 heavy (non-hydrogen) atoms. The average Bonchev–Trinajstić information content (AvgIpc) is 2.89. The van der Waals surface area contributed by atoms with Crippen molar-refractivity contribution in [1.29, 1.82) is 0 Å². The molecule has 0 saturated heterocycles. The highest BCUT2D eigenvalue weighted by Crippen LogP contribution is 2.21. The van der Waals surface area contributed by atoms with Crippen LogP contribution < -0.4 is 0 Å². The minimum Gasteiger partial charge on any atom is -0.374 e. The van der Waals surface area contributed by atoms with Gasteiger partial charge in [-0.1, -0.05) is 117 Å². The van der Waals surface area contributed by atoms with Crippen molar-refractivity contribution in [3.8, 4) is 0 Å². The van der Waals surface area contributed by atoms with Gasteiger partial charge in [-0.25, -0.2) is 0 Å². The van der Waals surface area contributed by atoms with Crippen LogP contribution in [0.5, 0.6) is 0 Å². The molecule has 0 amide bonds. The zero-order valence-corrected chi connectivity index (χ0v) is 23.1. The third kappa shape index (κ3) is 9.07. The normalized spacial score (nSPS) is 12.9. The lowest BCUT2D eigenvalue weighted by Crippen LogP contribution is -2.27. The molecule has 0 aromatic heterocycles. The van der Waals surface area contributed by atoms with E-state index in [1.165, 1.54) is 22.3 Å². The summed E-state index contributed by atoms with van der Waals surface area (Å²) in [5.74, 6) is 0. The Labute approximate surface area is 226 Å². The van der Waals surface area contributed by atoms with E-state index in [1.807, 2.05) is 0 Å². The summed E-state index contributed by atoms with van der Waals surface area (Å²) < 4.78 is 9.17. The Balaban J connectivity index is 1.48. The van der Waals surface area contributed by atoms with Gasteiger partial charge < -0.3 is 4.74 Å². The first-order chi connectivity index (χ1) is 17.1. The van der Waals surface area contributed by atoms with Crippen molar-refractivity contribution >= 4 is 31.9 Å². The SMILES string of the molecule is Brc1ccc(CCC(Cc2ccccc2)OC(CCc2ccc(Br)cc2)Cc2ccccc2)cc1. The van der Waals surface area contributed by atoms with Gasteiger partial charge >= 0.3 is 0 Å².